The molecule has 0 radical (unpaired) electrons. The predicted molar refractivity (Wildman–Crippen MR) is 99.3 cm³/mol. The van der Waals surface area contributed by atoms with Crippen LogP contribution in [-0.2, 0) is 14.2 Å². The van der Waals surface area contributed by atoms with Crippen LogP contribution in [0.25, 0.3) is 0 Å². The van der Waals surface area contributed by atoms with Gasteiger partial charge in [-0.15, -0.1) is 0 Å². The monoisotopic (exact) mass is 361 g/mol. The molecular weight excluding hydrogens is 330 g/mol. The van der Waals surface area contributed by atoms with E-state index in [1.54, 1.807) is 12.4 Å². The molecule has 1 aromatic rings. The van der Waals surface area contributed by atoms with Gasteiger partial charge in [0.1, 0.15) is 6.10 Å². The summed E-state index contributed by atoms with van der Waals surface area (Å²) in [5.41, 5.74) is 1.24. The van der Waals surface area contributed by atoms with E-state index in [4.69, 9.17) is 14.2 Å². The van der Waals surface area contributed by atoms with Gasteiger partial charge in [0.25, 0.3) is 0 Å². The first-order valence-electron chi connectivity index (χ1n) is 9.63. The number of hydrogen-bond donors (Lipinski definition) is 0. The molecule has 2 heterocycles. The summed E-state index contributed by atoms with van der Waals surface area (Å²) in [5.74, 6) is 0.0374. The van der Waals surface area contributed by atoms with E-state index in [-0.39, 0.29) is 29.2 Å². The van der Waals surface area contributed by atoms with Crippen molar-refractivity contribution in [1.29, 1.82) is 0 Å². The number of aromatic nitrogens is 1. The van der Waals surface area contributed by atoms with Crippen LogP contribution in [0, 0.1) is 5.41 Å². The minimum absolute atomic E-state index is 0.115. The zero-order valence-corrected chi connectivity index (χ0v) is 16.6. The SMILES string of the molecule is CC(C)c1cncc(C(=O)O[C@@H]2C[C@H](OC(C)(C)C)C23CCOCC3)c1. The van der Waals surface area contributed by atoms with Gasteiger partial charge in [-0.1, -0.05) is 13.8 Å². The van der Waals surface area contributed by atoms with Gasteiger partial charge in [-0.2, -0.15) is 0 Å². The van der Waals surface area contributed by atoms with E-state index in [0.717, 1.165) is 24.8 Å². The number of carbonyl (C=O) groups is 1. The Bertz CT molecular complexity index is 644. The maximum atomic E-state index is 12.7. The Balaban J connectivity index is 1.72. The lowest BCUT2D eigenvalue weighted by Gasteiger charge is -2.57. The quantitative estimate of drug-likeness (QED) is 0.755. The summed E-state index contributed by atoms with van der Waals surface area (Å²) in [7, 11) is 0. The third kappa shape index (κ3) is 3.94. The second-order valence-corrected chi connectivity index (χ2v) is 8.86. The van der Waals surface area contributed by atoms with Crippen LogP contribution < -0.4 is 0 Å². The Morgan fingerprint density at radius 1 is 1.23 bits per heavy atom. The summed E-state index contributed by atoms with van der Waals surface area (Å²) in [6.07, 6.45) is 5.88. The molecular formula is C21H31NO4. The fraction of sp³-hybridized carbons (Fsp3) is 0.714. The van der Waals surface area contributed by atoms with Crippen LogP contribution in [-0.4, -0.2) is 42.0 Å². The Kier molecular flexibility index (Phi) is 5.40. The molecule has 144 valence electrons. The second kappa shape index (κ2) is 7.28. The van der Waals surface area contributed by atoms with Gasteiger partial charge in [-0.25, -0.2) is 4.79 Å². The van der Waals surface area contributed by atoms with Crippen LogP contribution in [0.1, 0.15) is 75.7 Å². The van der Waals surface area contributed by atoms with E-state index in [1.807, 2.05) is 6.07 Å². The molecule has 5 nitrogen and oxygen atoms in total. The molecule has 0 bridgehead atoms. The minimum Gasteiger partial charge on any atom is -0.458 e. The van der Waals surface area contributed by atoms with Crippen molar-refractivity contribution in [3.8, 4) is 0 Å². The summed E-state index contributed by atoms with van der Waals surface area (Å²) in [4.78, 5) is 16.9. The van der Waals surface area contributed by atoms with Gasteiger partial charge in [0, 0.05) is 37.4 Å². The van der Waals surface area contributed by atoms with E-state index >= 15 is 0 Å². The van der Waals surface area contributed by atoms with E-state index in [1.165, 1.54) is 0 Å². The van der Waals surface area contributed by atoms with Crippen molar-refractivity contribution in [2.24, 2.45) is 5.41 Å². The summed E-state index contributed by atoms with van der Waals surface area (Å²) >= 11 is 0. The first-order valence-corrected chi connectivity index (χ1v) is 9.63. The van der Waals surface area contributed by atoms with E-state index < -0.39 is 0 Å². The molecule has 5 heteroatoms. The number of nitrogens with zero attached hydrogens (tertiary/aromatic N) is 1. The van der Waals surface area contributed by atoms with Crippen LogP contribution in [0.5, 0.6) is 0 Å². The highest BCUT2D eigenvalue weighted by molar-refractivity contribution is 5.89. The van der Waals surface area contributed by atoms with Crippen molar-refractivity contribution in [2.45, 2.75) is 77.6 Å². The molecule has 2 atom stereocenters. The van der Waals surface area contributed by atoms with Gasteiger partial charge in [-0.3, -0.25) is 4.98 Å². The molecule has 0 amide bonds. The van der Waals surface area contributed by atoms with Crippen molar-refractivity contribution < 1.29 is 19.0 Å². The Morgan fingerprint density at radius 3 is 2.54 bits per heavy atom. The smallest absolute Gasteiger partial charge is 0.340 e. The Labute approximate surface area is 156 Å². The van der Waals surface area contributed by atoms with Gasteiger partial charge < -0.3 is 14.2 Å². The molecule has 3 rings (SSSR count). The zero-order chi connectivity index (χ0) is 18.9. The van der Waals surface area contributed by atoms with Gasteiger partial charge in [-0.05, 0) is 51.2 Å². The topological polar surface area (TPSA) is 57.7 Å². The maximum Gasteiger partial charge on any atom is 0.340 e. The molecule has 1 spiro atoms. The summed E-state index contributed by atoms with van der Waals surface area (Å²) in [6, 6.07) is 1.89. The molecule has 26 heavy (non-hydrogen) atoms. The van der Waals surface area contributed by atoms with Crippen LogP contribution in [0.2, 0.25) is 0 Å². The van der Waals surface area contributed by atoms with E-state index in [2.05, 4.69) is 39.6 Å². The second-order valence-electron chi connectivity index (χ2n) is 8.86. The van der Waals surface area contributed by atoms with Crippen molar-refractivity contribution in [3.05, 3.63) is 29.6 Å². The number of ether oxygens (including phenoxy) is 3. The highest BCUT2D eigenvalue weighted by Gasteiger charge is 2.59. The molecule has 1 aliphatic heterocycles. The van der Waals surface area contributed by atoms with Gasteiger partial charge in [0.2, 0.25) is 0 Å². The molecule has 1 saturated heterocycles. The van der Waals surface area contributed by atoms with Crippen LogP contribution in [0.3, 0.4) is 0 Å². The fourth-order valence-electron chi connectivity index (χ4n) is 3.95. The highest BCUT2D eigenvalue weighted by Crippen LogP contribution is 2.53. The highest BCUT2D eigenvalue weighted by atomic mass is 16.6. The summed E-state index contributed by atoms with van der Waals surface area (Å²) in [6.45, 7) is 11.8. The number of hydrogen-bond acceptors (Lipinski definition) is 5. The average molecular weight is 361 g/mol. The lowest BCUT2D eigenvalue weighted by molar-refractivity contribution is -0.249. The number of rotatable bonds is 4. The zero-order valence-electron chi connectivity index (χ0n) is 16.6. The largest absolute Gasteiger partial charge is 0.458 e. The first-order chi connectivity index (χ1) is 12.2. The fourth-order valence-corrected chi connectivity index (χ4v) is 3.95. The molecule has 2 aliphatic rings. The van der Waals surface area contributed by atoms with Gasteiger partial charge in [0.15, 0.2) is 0 Å². The lowest BCUT2D eigenvalue weighted by Crippen LogP contribution is -2.63. The summed E-state index contributed by atoms with van der Waals surface area (Å²) < 4.78 is 17.8. The predicted octanol–water partition coefficient (Wildman–Crippen LogP) is 4.11. The third-order valence-electron chi connectivity index (χ3n) is 5.54. The number of esters is 1. The number of pyridine rings is 1. The lowest BCUT2D eigenvalue weighted by atomic mass is 9.59. The molecule has 0 aromatic carbocycles. The first kappa shape index (κ1) is 19.3. The minimum atomic E-state index is -0.287. The average Bonchev–Trinajstić information content (AvgIpc) is 2.60. The molecule has 0 N–H and O–H groups in total. The van der Waals surface area contributed by atoms with Gasteiger partial charge in [0.05, 0.1) is 17.3 Å². The normalized spacial score (nSPS) is 25.2. The van der Waals surface area contributed by atoms with Crippen molar-refractivity contribution in [3.63, 3.8) is 0 Å². The van der Waals surface area contributed by atoms with Crippen LogP contribution >= 0.6 is 0 Å². The maximum absolute atomic E-state index is 12.7. The number of carbonyl (C=O) groups excluding carboxylic acids is 1. The Hall–Kier alpha value is -1.46. The molecule has 1 aromatic heterocycles. The van der Waals surface area contributed by atoms with E-state index in [9.17, 15) is 4.79 Å². The molecule has 1 aliphatic carbocycles. The van der Waals surface area contributed by atoms with Crippen molar-refractivity contribution in [2.75, 3.05) is 13.2 Å². The molecule has 0 unspecified atom stereocenters. The third-order valence-corrected chi connectivity index (χ3v) is 5.54. The molecule has 1 saturated carbocycles. The van der Waals surface area contributed by atoms with Gasteiger partial charge >= 0.3 is 5.97 Å². The van der Waals surface area contributed by atoms with Crippen molar-refractivity contribution >= 4 is 5.97 Å². The van der Waals surface area contributed by atoms with Crippen LogP contribution in [0.15, 0.2) is 18.5 Å². The Morgan fingerprint density at radius 2 is 1.92 bits per heavy atom. The van der Waals surface area contributed by atoms with Crippen molar-refractivity contribution in [1.82, 2.24) is 4.98 Å². The van der Waals surface area contributed by atoms with E-state index in [0.29, 0.717) is 24.7 Å². The van der Waals surface area contributed by atoms with Crippen LogP contribution in [0.4, 0.5) is 0 Å². The standard InChI is InChI=1S/C21H31NO4/c1-14(2)15-10-16(13-22-12-15)19(23)25-17-11-18(26-20(3,4)5)21(17)6-8-24-9-7-21/h10,12-14,17-18H,6-9,11H2,1-5H3/t17-,18+/m1/s1. The molecule has 2 fully saturated rings. The summed E-state index contributed by atoms with van der Waals surface area (Å²) in [5, 5.41) is 0.